The molecule has 0 radical (unpaired) electrons. The van der Waals surface area contributed by atoms with E-state index in [4.69, 9.17) is 4.74 Å². The molecular formula is C9H18ClNO2Si. The Morgan fingerprint density at radius 2 is 2.07 bits per heavy atom. The Hall–Kier alpha value is -0.0631. The van der Waals surface area contributed by atoms with E-state index in [0.717, 1.165) is 12.2 Å². The van der Waals surface area contributed by atoms with Crippen LogP contribution in [0.1, 0.15) is 12.8 Å². The second-order valence-electron chi connectivity index (χ2n) is 4.37. The first kappa shape index (κ1) is 12.0. The van der Waals surface area contributed by atoms with Gasteiger partial charge in [-0.05, 0) is 12.2 Å². The zero-order valence-electron chi connectivity index (χ0n) is 8.54. The number of rotatable bonds is 1. The molecule has 0 saturated carbocycles. The van der Waals surface area contributed by atoms with Gasteiger partial charge in [0.15, 0.2) is 0 Å². The largest absolute Gasteiger partial charge is 0.468 e. The van der Waals surface area contributed by atoms with E-state index < -0.39 is 8.07 Å². The minimum absolute atomic E-state index is 0. The molecule has 82 valence electrons. The smallest absolute Gasteiger partial charge is 0.322 e. The van der Waals surface area contributed by atoms with Crippen molar-refractivity contribution in [2.75, 3.05) is 13.3 Å². The SMILES string of the molecule is COC(=O)C1C[Si]2(CCCC2)CN1.Cl. The zero-order valence-corrected chi connectivity index (χ0v) is 10.4. The molecule has 3 nitrogen and oxygen atoms in total. The predicted molar refractivity (Wildman–Crippen MR) is 60.5 cm³/mol. The first-order valence-electron chi connectivity index (χ1n) is 5.07. The maximum atomic E-state index is 11.3. The number of hydrogen-bond donors (Lipinski definition) is 1. The number of carbonyl (C=O) groups is 1. The summed E-state index contributed by atoms with van der Waals surface area (Å²) in [7, 11) is 0.454. The number of carbonyl (C=O) groups excluding carboxylic acids is 1. The van der Waals surface area contributed by atoms with Crippen LogP contribution in [0.2, 0.25) is 18.1 Å². The first-order valence-corrected chi connectivity index (χ1v) is 7.90. The van der Waals surface area contributed by atoms with Gasteiger partial charge in [-0.25, -0.2) is 0 Å². The molecule has 0 aromatic carbocycles. The predicted octanol–water partition coefficient (Wildman–Crippen LogP) is 1.33. The van der Waals surface area contributed by atoms with Gasteiger partial charge >= 0.3 is 5.97 Å². The maximum Gasteiger partial charge on any atom is 0.322 e. The molecule has 0 aliphatic carbocycles. The van der Waals surface area contributed by atoms with Crippen LogP contribution in [-0.4, -0.2) is 33.4 Å². The average molecular weight is 236 g/mol. The Kier molecular flexibility index (Phi) is 3.98. The summed E-state index contributed by atoms with van der Waals surface area (Å²) >= 11 is 0. The highest BCUT2D eigenvalue weighted by molar-refractivity contribution is 6.81. The Bertz CT molecular complexity index is 219. The van der Waals surface area contributed by atoms with Crippen LogP contribution < -0.4 is 5.32 Å². The minimum Gasteiger partial charge on any atom is -0.468 e. The van der Waals surface area contributed by atoms with Gasteiger partial charge in [-0.15, -0.1) is 12.4 Å². The molecule has 2 fully saturated rings. The lowest BCUT2D eigenvalue weighted by atomic mass is 10.3. The third-order valence-corrected chi connectivity index (χ3v) is 8.57. The third kappa shape index (κ3) is 2.12. The number of halogens is 1. The molecule has 5 heteroatoms. The van der Waals surface area contributed by atoms with Crippen LogP contribution in [0.4, 0.5) is 0 Å². The molecule has 2 saturated heterocycles. The van der Waals surface area contributed by atoms with E-state index in [2.05, 4.69) is 5.32 Å². The molecule has 14 heavy (non-hydrogen) atoms. The highest BCUT2D eigenvalue weighted by Crippen LogP contribution is 2.36. The van der Waals surface area contributed by atoms with Crippen LogP contribution in [0.25, 0.3) is 0 Å². The van der Waals surface area contributed by atoms with E-state index in [1.54, 1.807) is 0 Å². The van der Waals surface area contributed by atoms with Crippen LogP contribution >= 0.6 is 12.4 Å². The molecule has 1 N–H and O–H groups in total. The van der Waals surface area contributed by atoms with Crippen molar-refractivity contribution in [3.63, 3.8) is 0 Å². The van der Waals surface area contributed by atoms with Crippen LogP contribution in [-0.2, 0) is 9.53 Å². The van der Waals surface area contributed by atoms with Crippen molar-refractivity contribution in [1.82, 2.24) is 5.32 Å². The number of nitrogens with one attached hydrogen (secondary N) is 1. The zero-order chi connectivity index (χ0) is 9.31. The molecule has 1 atom stereocenters. The number of ether oxygens (including phenoxy) is 1. The normalized spacial score (nSPS) is 28.8. The highest BCUT2D eigenvalue weighted by Gasteiger charge is 2.45. The van der Waals surface area contributed by atoms with E-state index in [-0.39, 0.29) is 24.4 Å². The third-order valence-electron chi connectivity index (χ3n) is 3.51. The molecule has 2 heterocycles. The van der Waals surface area contributed by atoms with Gasteiger partial charge in [0.05, 0.1) is 15.2 Å². The molecule has 0 aromatic heterocycles. The number of esters is 1. The molecule has 2 rings (SSSR count). The van der Waals surface area contributed by atoms with E-state index >= 15 is 0 Å². The fraction of sp³-hybridized carbons (Fsp3) is 0.889. The topological polar surface area (TPSA) is 38.3 Å². The lowest BCUT2D eigenvalue weighted by Gasteiger charge is -2.17. The van der Waals surface area contributed by atoms with Crippen molar-refractivity contribution in [3.05, 3.63) is 0 Å². The molecule has 1 unspecified atom stereocenters. The number of methoxy groups -OCH3 is 1. The Balaban J connectivity index is 0.000000980. The molecule has 2 aliphatic rings. The van der Waals surface area contributed by atoms with Gasteiger partial charge in [0.2, 0.25) is 0 Å². The number of hydrogen-bond acceptors (Lipinski definition) is 3. The van der Waals surface area contributed by atoms with E-state index in [9.17, 15) is 4.79 Å². The van der Waals surface area contributed by atoms with E-state index in [0.29, 0.717) is 0 Å². The average Bonchev–Trinajstić information content (AvgIpc) is 2.76. The van der Waals surface area contributed by atoms with E-state index in [1.165, 1.54) is 32.0 Å². The van der Waals surface area contributed by atoms with Crippen LogP contribution in [0.5, 0.6) is 0 Å². The summed E-state index contributed by atoms with van der Waals surface area (Å²) in [5, 5.41) is 3.33. The van der Waals surface area contributed by atoms with Crippen molar-refractivity contribution in [3.8, 4) is 0 Å². The summed E-state index contributed by atoms with van der Waals surface area (Å²) < 4.78 is 4.76. The molecule has 0 amide bonds. The van der Waals surface area contributed by atoms with Crippen LogP contribution in [0.15, 0.2) is 0 Å². The maximum absolute atomic E-state index is 11.3. The quantitative estimate of drug-likeness (QED) is 0.551. The van der Waals surface area contributed by atoms with E-state index in [1.807, 2.05) is 0 Å². The van der Waals surface area contributed by atoms with Gasteiger partial charge in [-0.2, -0.15) is 0 Å². The van der Waals surface area contributed by atoms with Crippen molar-refractivity contribution in [2.45, 2.75) is 37.0 Å². The molecule has 2 aliphatic heterocycles. The molecule has 0 bridgehead atoms. The molecular weight excluding hydrogens is 218 g/mol. The monoisotopic (exact) mass is 235 g/mol. The minimum atomic E-state index is -1.02. The Morgan fingerprint density at radius 1 is 1.43 bits per heavy atom. The summed E-state index contributed by atoms with van der Waals surface area (Å²) in [5.74, 6) is -0.0590. The van der Waals surface area contributed by atoms with Crippen LogP contribution in [0.3, 0.4) is 0 Å². The fourth-order valence-electron chi connectivity index (χ4n) is 2.73. The van der Waals surface area contributed by atoms with Crippen molar-refractivity contribution in [2.24, 2.45) is 0 Å². The van der Waals surface area contributed by atoms with Crippen molar-refractivity contribution in [1.29, 1.82) is 0 Å². The summed E-state index contributed by atoms with van der Waals surface area (Å²) in [4.78, 5) is 11.3. The van der Waals surface area contributed by atoms with Gasteiger partial charge in [0.25, 0.3) is 0 Å². The Labute approximate surface area is 92.0 Å². The van der Waals surface area contributed by atoms with Gasteiger partial charge < -0.3 is 10.1 Å². The standard InChI is InChI=1S/C9H17NO2Si.ClH/c1-12-9(11)8-6-13(7-10-8)4-2-3-5-13;/h8,10H,2-7H2,1H3;1H. The second kappa shape index (κ2) is 4.64. The lowest BCUT2D eigenvalue weighted by molar-refractivity contribution is -0.142. The van der Waals surface area contributed by atoms with Crippen molar-refractivity contribution < 1.29 is 9.53 Å². The highest BCUT2D eigenvalue weighted by atomic mass is 35.5. The van der Waals surface area contributed by atoms with Gasteiger partial charge in [-0.1, -0.05) is 24.9 Å². The Morgan fingerprint density at radius 3 is 2.64 bits per heavy atom. The first-order chi connectivity index (χ1) is 6.26. The van der Waals surface area contributed by atoms with Gasteiger partial charge in [0, 0.05) is 0 Å². The van der Waals surface area contributed by atoms with Crippen molar-refractivity contribution >= 4 is 26.5 Å². The summed E-state index contributed by atoms with van der Waals surface area (Å²) in [5.41, 5.74) is 0. The van der Waals surface area contributed by atoms with Gasteiger partial charge in [-0.3, -0.25) is 4.79 Å². The molecule has 1 spiro atoms. The lowest BCUT2D eigenvalue weighted by Crippen LogP contribution is -2.33. The fourth-order valence-corrected chi connectivity index (χ4v) is 7.74. The summed E-state index contributed by atoms with van der Waals surface area (Å²) in [6.07, 6.45) is 3.93. The summed E-state index contributed by atoms with van der Waals surface area (Å²) in [6, 6.07) is 4.00. The summed E-state index contributed by atoms with van der Waals surface area (Å²) in [6.45, 7) is 0. The molecule has 0 aromatic rings. The van der Waals surface area contributed by atoms with Gasteiger partial charge in [0.1, 0.15) is 6.04 Å². The second-order valence-corrected chi connectivity index (χ2v) is 9.13. The van der Waals surface area contributed by atoms with Crippen LogP contribution in [0, 0.1) is 0 Å².